The zero-order chi connectivity index (χ0) is 25.2. The van der Waals surface area contributed by atoms with E-state index in [1.54, 1.807) is 0 Å². The number of rotatable bonds is 5. The van der Waals surface area contributed by atoms with Crippen molar-refractivity contribution < 1.29 is 30.3 Å². The molecule has 5 rings (SSSR count). The van der Waals surface area contributed by atoms with Crippen molar-refractivity contribution in [1.82, 2.24) is 4.98 Å². The van der Waals surface area contributed by atoms with Gasteiger partial charge in [0.25, 0.3) is 0 Å². The van der Waals surface area contributed by atoms with E-state index in [0.29, 0.717) is 5.92 Å². The van der Waals surface area contributed by atoms with Gasteiger partial charge in [0.05, 0.1) is 17.7 Å². The Balaban J connectivity index is 0.000000195. The molecular weight excluding hydrogens is 623 g/mol. The summed E-state index contributed by atoms with van der Waals surface area (Å²) in [6, 6.07) is 21.6. The van der Waals surface area contributed by atoms with Crippen molar-refractivity contribution in [3.8, 4) is 11.3 Å². The predicted octanol–water partition coefficient (Wildman–Crippen LogP) is 7.37. The van der Waals surface area contributed by atoms with Gasteiger partial charge in [-0.2, -0.15) is 0 Å². The summed E-state index contributed by atoms with van der Waals surface area (Å²) < 4.78 is 0. The van der Waals surface area contributed by atoms with Gasteiger partial charge in [0.2, 0.25) is 0 Å². The van der Waals surface area contributed by atoms with Gasteiger partial charge in [-0.1, -0.05) is 51.5 Å². The van der Waals surface area contributed by atoms with Crippen LogP contribution in [0.3, 0.4) is 0 Å². The molecule has 0 amide bonds. The van der Waals surface area contributed by atoms with Crippen LogP contribution in [-0.2, 0) is 20.1 Å². The molecule has 3 aromatic rings. The monoisotopic (exact) mass is 665 g/mol. The standard InChI is InChI=1S/C16H12N.C16H30O2.Ir/c1-12-7-9-16-14(11-12)8-10-15(17-16)13-5-3-2-4-6-13;1-5-15(6-2)9-11-10-16(7-3,8-4)14(18)12(11)13(15)17;/h2-5,7-11H,1H3;11-14,17-18H,5-10H2,1-4H3;/q-1;;. The van der Waals surface area contributed by atoms with Crippen LogP contribution in [0.25, 0.3) is 22.2 Å². The van der Waals surface area contributed by atoms with Crippen molar-refractivity contribution in [3.05, 3.63) is 66.2 Å². The van der Waals surface area contributed by atoms with Crippen LogP contribution in [0.15, 0.2) is 54.6 Å². The number of pyridine rings is 1. The Kier molecular flexibility index (Phi) is 9.55. The van der Waals surface area contributed by atoms with Crippen LogP contribution < -0.4 is 0 Å². The van der Waals surface area contributed by atoms with E-state index in [-0.39, 0.29) is 49.1 Å². The smallest absolute Gasteiger partial charge is 0.0651 e. The van der Waals surface area contributed by atoms with Gasteiger partial charge >= 0.3 is 0 Å². The molecule has 4 heteroatoms. The van der Waals surface area contributed by atoms with Gasteiger partial charge in [0, 0.05) is 26.0 Å². The van der Waals surface area contributed by atoms with Crippen LogP contribution in [0, 0.1) is 35.7 Å². The van der Waals surface area contributed by atoms with E-state index in [1.165, 1.54) is 10.9 Å². The first-order chi connectivity index (χ1) is 16.8. The number of aryl methyl sites for hydroxylation is 1. The first kappa shape index (κ1) is 29.0. The molecule has 2 atom stereocenters. The normalized spacial score (nSPS) is 25.5. The third-order valence-corrected chi connectivity index (χ3v) is 9.51. The molecule has 1 heterocycles. The van der Waals surface area contributed by atoms with Crippen molar-refractivity contribution in [1.29, 1.82) is 0 Å². The summed E-state index contributed by atoms with van der Waals surface area (Å²) in [7, 11) is 0. The molecule has 0 saturated heterocycles. The molecule has 2 aliphatic carbocycles. The number of aliphatic hydroxyl groups excluding tert-OH is 2. The fraction of sp³-hybridized carbons (Fsp3) is 0.531. The first-order valence-electron chi connectivity index (χ1n) is 13.5. The van der Waals surface area contributed by atoms with Crippen molar-refractivity contribution in [2.75, 3.05) is 0 Å². The molecule has 3 nitrogen and oxygen atoms in total. The molecule has 1 radical (unpaired) electrons. The van der Waals surface area contributed by atoms with E-state index < -0.39 is 0 Å². The molecule has 2 unspecified atom stereocenters. The predicted molar refractivity (Wildman–Crippen MR) is 145 cm³/mol. The van der Waals surface area contributed by atoms with Crippen LogP contribution in [0.2, 0.25) is 0 Å². The fourth-order valence-electron chi connectivity index (χ4n) is 7.00. The number of aromatic nitrogens is 1. The zero-order valence-electron chi connectivity index (χ0n) is 22.4. The van der Waals surface area contributed by atoms with Crippen LogP contribution in [0.1, 0.15) is 71.8 Å². The maximum Gasteiger partial charge on any atom is 0.0651 e. The molecule has 2 saturated carbocycles. The SMILES string of the molecule is CCC1(CC)CC2CC(CC)(CC)C(O)C2C1O.Cc1ccc2nc(-c3[c-]cccc3)ccc2c1.[Ir]. The quantitative estimate of drug-likeness (QED) is 0.280. The van der Waals surface area contributed by atoms with Crippen LogP contribution in [0.4, 0.5) is 0 Å². The van der Waals surface area contributed by atoms with Crippen molar-refractivity contribution in [2.24, 2.45) is 22.7 Å². The second kappa shape index (κ2) is 11.9. The number of aliphatic hydroxyl groups is 2. The van der Waals surface area contributed by atoms with Gasteiger partial charge in [-0.3, -0.25) is 4.98 Å². The first-order valence-corrected chi connectivity index (χ1v) is 13.5. The third kappa shape index (κ3) is 5.20. The van der Waals surface area contributed by atoms with Gasteiger partial charge in [0.15, 0.2) is 0 Å². The number of hydrogen-bond acceptors (Lipinski definition) is 3. The van der Waals surface area contributed by atoms with E-state index in [0.717, 1.165) is 55.3 Å². The Labute approximate surface area is 231 Å². The maximum absolute atomic E-state index is 10.7. The van der Waals surface area contributed by atoms with E-state index >= 15 is 0 Å². The van der Waals surface area contributed by atoms with Gasteiger partial charge in [-0.15, -0.1) is 35.9 Å². The minimum absolute atomic E-state index is 0. The second-order valence-corrected chi connectivity index (χ2v) is 10.9. The summed E-state index contributed by atoms with van der Waals surface area (Å²) in [5.41, 5.74) is 4.45. The molecule has 2 aliphatic rings. The number of nitrogens with zero attached hydrogens (tertiary/aromatic N) is 1. The molecule has 0 aliphatic heterocycles. The molecule has 36 heavy (non-hydrogen) atoms. The topological polar surface area (TPSA) is 53.4 Å². The summed E-state index contributed by atoms with van der Waals surface area (Å²) >= 11 is 0. The largest absolute Gasteiger partial charge is 0.392 e. The Morgan fingerprint density at radius 2 is 1.47 bits per heavy atom. The average Bonchev–Trinajstić information content (AvgIpc) is 3.34. The molecule has 2 aromatic carbocycles. The third-order valence-electron chi connectivity index (χ3n) is 9.51. The Bertz CT molecular complexity index is 1100. The Morgan fingerprint density at radius 1 is 0.861 bits per heavy atom. The minimum Gasteiger partial charge on any atom is -0.392 e. The van der Waals surface area contributed by atoms with Crippen molar-refractivity contribution in [3.63, 3.8) is 0 Å². The molecule has 2 fully saturated rings. The Morgan fingerprint density at radius 3 is 1.97 bits per heavy atom. The fourth-order valence-corrected chi connectivity index (χ4v) is 7.00. The van der Waals surface area contributed by atoms with Crippen molar-refractivity contribution >= 4 is 10.9 Å². The second-order valence-electron chi connectivity index (χ2n) is 10.9. The van der Waals surface area contributed by atoms with Crippen molar-refractivity contribution in [2.45, 2.75) is 85.4 Å². The number of benzene rings is 2. The number of hydrogen-bond donors (Lipinski definition) is 2. The summed E-state index contributed by atoms with van der Waals surface area (Å²) in [6.07, 6.45) is 5.78. The van der Waals surface area contributed by atoms with Gasteiger partial charge < -0.3 is 10.2 Å². The van der Waals surface area contributed by atoms with E-state index in [4.69, 9.17) is 0 Å². The van der Waals surface area contributed by atoms with Gasteiger partial charge in [0.1, 0.15) is 0 Å². The molecule has 0 bridgehead atoms. The van der Waals surface area contributed by atoms with Crippen LogP contribution >= 0.6 is 0 Å². The summed E-state index contributed by atoms with van der Waals surface area (Å²) in [6.45, 7) is 10.8. The van der Waals surface area contributed by atoms with E-state index in [1.807, 2.05) is 30.3 Å². The van der Waals surface area contributed by atoms with E-state index in [2.05, 4.69) is 69.9 Å². The molecular formula is C32H42IrNO2-. The average molecular weight is 665 g/mol. The molecule has 0 spiro atoms. The molecule has 1 aromatic heterocycles. The van der Waals surface area contributed by atoms with Gasteiger partial charge in [-0.05, 0) is 85.4 Å². The Hall–Kier alpha value is -1.58. The summed E-state index contributed by atoms with van der Waals surface area (Å²) in [4.78, 5) is 4.66. The minimum atomic E-state index is -0.299. The van der Waals surface area contributed by atoms with Gasteiger partial charge in [-0.25, -0.2) is 0 Å². The molecule has 197 valence electrons. The van der Waals surface area contributed by atoms with Crippen LogP contribution in [-0.4, -0.2) is 27.4 Å². The molecule has 2 N–H and O–H groups in total. The zero-order valence-corrected chi connectivity index (χ0v) is 24.8. The summed E-state index contributed by atoms with van der Waals surface area (Å²) in [5.74, 6) is 0.666. The van der Waals surface area contributed by atoms with Crippen LogP contribution in [0.5, 0.6) is 0 Å². The summed E-state index contributed by atoms with van der Waals surface area (Å²) in [5, 5.41) is 22.7. The maximum atomic E-state index is 10.7. The number of fused-ring (bicyclic) bond motifs is 2. The van der Waals surface area contributed by atoms with E-state index in [9.17, 15) is 10.2 Å².